The molecule has 1 aromatic heterocycles. The van der Waals surface area contributed by atoms with Crippen LogP contribution < -0.4 is 4.90 Å². The quantitative estimate of drug-likeness (QED) is 0.616. The minimum Gasteiger partial charge on any atom is -0.344 e. The fraction of sp³-hybridized carbons (Fsp3) is 0.769. The average molecular weight is 313 g/mol. The Morgan fingerprint density at radius 3 is 2.65 bits per heavy atom. The van der Waals surface area contributed by atoms with Crippen molar-refractivity contribution < 1.29 is 0 Å². The lowest BCUT2D eigenvalue weighted by atomic mass is 10.3. The van der Waals surface area contributed by atoms with Crippen molar-refractivity contribution >= 4 is 33.3 Å². The highest BCUT2D eigenvalue weighted by Gasteiger charge is 2.19. The molecule has 20 heavy (non-hydrogen) atoms. The number of thioether (sulfide) groups is 1. The Morgan fingerprint density at radius 2 is 2.00 bits per heavy atom. The van der Waals surface area contributed by atoms with Gasteiger partial charge < -0.3 is 9.80 Å². The molecule has 2 rings (SSSR count). The van der Waals surface area contributed by atoms with E-state index in [1.807, 2.05) is 0 Å². The number of likely N-dealkylation sites (N-methyl/N-ethyl adjacent to an activating group) is 1. The number of anilines is 1. The van der Waals surface area contributed by atoms with Crippen molar-refractivity contribution in [2.24, 2.45) is 4.99 Å². The normalized spacial score (nSPS) is 17.8. The van der Waals surface area contributed by atoms with Gasteiger partial charge in [-0.05, 0) is 19.2 Å². The predicted molar refractivity (Wildman–Crippen MR) is 89.4 cm³/mol. The van der Waals surface area contributed by atoms with Crippen LogP contribution in [0.5, 0.6) is 0 Å². The maximum atomic E-state index is 4.63. The average Bonchev–Trinajstić information content (AvgIpc) is 2.94. The number of piperazine rings is 1. The highest BCUT2D eigenvalue weighted by atomic mass is 32.2. The second kappa shape index (κ2) is 7.95. The van der Waals surface area contributed by atoms with E-state index in [9.17, 15) is 0 Å². The molecule has 0 bridgehead atoms. The van der Waals surface area contributed by atoms with E-state index in [0.29, 0.717) is 0 Å². The van der Waals surface area contributed by atoms with Crippen LogP contribution in [0.3, 0.4) is 0 Å². The number of hydrogen-bond acceptors (Lipinski definition) is 7. The van der Waals surface area contributed by atoms with Crippen molar-refractivity contribution in [1.82, 2.24) is 15.1 Å². The van der Waals surface area contributed by atoms with Gasteiger partial charge >= 0.3 is 0 Å². The van der Waals surface area contributed by atoms with E-state index < -0.39 is 0 Å². The molecule has 0 radical (unpaired) electrons. The molecule has 0 atom stereocenters. The number of nitrogens with zero attached hydrogens (tertiary/aromatic N) is 5. The first-order chi connectivity index (χ1) is 9.74. The summed E-state index contributed by atoms with van der Waals surface area (Å²) in [5.74, 6) is 1.02. The third-order valence-corrected chi connectivity index (χ3v) is 5.14. The van der Waals surface area contributed by atoms with Crippen LogP contribution in [-0.2, 0) is 0 Å². The summed E-state index contributed by atoms with van der Waals surface area (Å²) < 4.78 is 0. The second-order valence-corrected chi connectivity index (χ2v) is 7.01. The molecule has 0 saturated carbocycles. The molecule has 0 unspecified atom stereocenters. The molecule has 1 aliphatic rings. The smallest absolute Gasteiger partial charge is 0.208 e. The van der Waals surface area contributed by atoms with E-state index in [2.05, 4.69) is 45.9 Å². The summed E-state index contributed by atoms with van der Waals surface area (Å²) in [6.45, 7) is 9.42. The molecule has 0 aliphatic carbocycles. The maximum absolute atomic E-state index is 4.63. The van der Waals surface area contributed by atoms with E-state index in [1.165, 1.54) is 0 Å². The summed E-state index contributed by atoms with van der Waals surface area (Å²) in [6, 6.07) is 0. The zero-order chi connectivity index (χ0) is 14.4. The van der Waals surface area contributed by atoms with Crippen LogP contribution in [0, 0.1) is 0 Å². The van der Waals surface area contributed by atoms with Gasteiger partial charge in [0.2, 0.25) is 5.13 Å². The van der Waals surface area contributed by atoms with Crippen molar-refractivity contribution in [3.8, 4) is 0 Å². The molecule has 2 heterocycles. The lowest BCUT2D eigenvalue weighted by Gasteiger charge is -2.31. The van der Waals surface area contributed by atoms with Gasteiger partial charge in [-0.15, -0.1) is 22.0 Å². The van der Waals surface area contributed by atoms with Gasteiger partial charge in [0, 0.05) is 32.7 Å². The highest BCUT2D eigenvalue weighted by Crippen LogP contribution is 2.25. The standard InChI is InChI=1S/C13H23N5S2/c1-4-6-14-11(19-5-2)12-15-16-13(20-12)18-9-7-17(3)8-10-18/h4-10H2,1-3H3/b14-11-. The third kappa shape index (κ3) is 4.17. The highest BCUT2D eigenvalue weighted by molar-refractivity contribution is 8.14. The summed E-state index contributed by atoms with van der Waals surface area (Å²) in [7, 11) is 2.16. The molecule has 0 N–H and O–H groups in total. The SMILES string of the molecule is CCC/N=C(\SCC)c1nnc(N2CCN(C)CC2)s1. The van der Waals surface area contributed by atoms with Crippen molar-refractivity contribution in [1.29, 1.82) is 0 Å². The van der Waals surface area contributed by atoms with Crippen LogP contribution in [0.15, 0.2) is 4.99 Å². The van der Waals surface area contributed by atoms with Crippen molar-refractivity contribution in [3.05, 3.63) is 5.01 Å². The van der Waals surface area contributed by atoms with E-state index in [1.54, 1.807) is 23.1 Å². The molecule has 0 aromatic carbocycles. The molecule has 1 saturated heterocycles. The number of rotatable bonds is 5. The van der Waals surface area contributed by atoms with Crippen LogP contribution in [0.4, 0.5) is 5.13 Å². The molecule has 112 valence electrons. The number of hydrogen-bond donors (Lipinski definition) is 0. The lowest BCUT2D eigenvalue weighted by molar-refractivity contribution is 0.312. The largest absolute Gasteiger partial charge is 0.344 e. The fourth-order valence-electron chi connectivity index (χ4n) is 1.95. The maximum Gasteiger partial charge on any atom is 0.208 e. The van der Waals surface area contributed by atoms with Gasteiger partial charge in [-0.3, -0.25) is 4.99 Å². The number of aromatic nitrogens is 2. The van der Waals surface area contributed by atoms with E-state index in [4.69, 9.17) is 0 Å². The summed E-state index contributed by atoms with van der Waals surface area (Å²) in [4.78, 5) is 9.31. The van der Waals surface area contributed by atoms with Crippen molar-refractivity contribution in [2.75, 3.05) is 50.4 Å². The molecule has 1 aromatic rings. The fourth-order valence-corrected chi connectivity index (χ4v) is 3.67. The van der Waals surface area contributed by atoms with Gasteiger partial charge in [-0.2, -0.15) is 0 Å². The Bertz CT molecular complexity index is 438. The Labute approximate surface area is 129 Å². The first-order valence-electron chi connectivity index (χ1n) is 7.19. The van der Waals surface area contributed by atoms with Gasteiger partial charge in [0.25, 0.3) is 0 Å². The molecule has 0 amide bonds. The minimum atomic E-state index is 0.867. The van der Waals surface area contributed by atoms with Crippen LogP contribution in [0.25, 0.3) is 0 Å². The Balaban J connectivity index is 2.06. The molecule has 7 heteroatoms. The number of aliphatic imine (C=N–C) groups is 1. The molecular formula is C13H23N5S2. The molecule has 1 fully saturated rings. The second-order valence-electron chi connectivity index (χ2n) is 4.80. The zero-order valence-electron chi connectivity index (χ0n) is 12.5. The Kier molecular flexibility index (Phi) is 6.25. The summed E-state index contributed by atoms with van der Waals surface area (Å²) >= 11 is 3.43. The van der Waals surface area contributed by atoms with Crippen LogP contribution >= 0.6 is 23.1 Å². The first kappa shape index (κ1) is 15.7. The monoisotopic (exact) mass is 313 g/mol. The molecule has 0 spiro atoms. The zero-order valence-corrected chi connectivity index (χ0v) is 14.1. The molecular weight excluding hydrogens is 290 g/mol. The first-order valence-corrected chi connectivity index (χ1v) is 8.99. The van der Waals surface area contributed by atoms with Gasteiger partial charge in [0.1, 0.15) is 5.04 Å². The van der Waals surface area contributed by atoms with Crippen molar-refractivity contribution in [2.45, 2.75) is 20.3 Å². The van der Waals surface area contributed by atoms with E-state index in [-0.39, 0.29) is 0 Å². The van der Waals surface area contributed by atoms with Gasteiger partial charge in [0.15, 0.2) is 5.01 Å². The van der Waals surface area contributed by atoms with Crippen LogP contribution in [0.2, 0.25) is 0 Å². The Morgan fingerprint density at radius 1 is 1.25 bits per heavy atom. The molecule has 5 nitrogen and oxygen atoms in total. The van der Waals surface area contributed by atoms with Gasteiger partial charge in [-0.25, -0.2) is 0 Å². The third-order valence-electron chi connectivity index (χ3n) is 3.13. The summed E-state index contributed by atoms with van der Waals surface area (Å²) in [5, 5.41) is 11.8. The molecule has 1 aliphatic heterocycles. The van der Waals surface area contributed by atoms with Gasteiger partial charge in [0.05, 0.1) is 0 Å². The van der Waals surface area contributed by atoms with E-state index in [0.717, 1.165) is 60.1 Å². The van der Waals surface area contributed by atoms with Crippen molar-refractivity contribution in [3.63, 3.8) is 0 Å². The van der Waals surface area contributed by atoms with E-state index >= 15 is 0 Å². The summed E-state index contributed by atoms with van der Waals surface area (Å²) in [6.07, 6.45) is 1.07. The van der Waals surface area contributed by atoms with Crippen LogP contribution in [-0.4, -0.2) is 65.7 Å². The minimum absolute atomic E-state index is 0.867. The predicted octanol–water partition coefficient (Wildman–Crippen LogP) is 2.20. The summed E-state index contributed by atoms with van der Waals surface area (Å²) in [5.41, 5.74) is 0. The lowest BCUT2D eigenvalue weighted by Crippen LogP contribution is -2.44. The topological polar surface area (TPSA) is 44.6 Å². The van der Waals surface area contributed by atoms with Crippen LogP contribution in [0.1, 0.15) is 25.3 Å². The van der Waals surface area contributed by atoms with Gasteiger partial charge in [-0.1, -0.05) is 25.2 Å². The Hall–Kier alpha value is -0.660.